The van der Waals surface area contributed by atoms with Crippen LogP contribution in [0.5, 0.6) is 0 Å². The normalized spacial score (nSPS) is 15.5. The van der Waals surface area contributed by atoms with E-state index in [1.807, 2.05) is 28.8 Å². The van der Waals surface area contributed by atoms with Crippen LogP contribution in [0.3, 0.4) is 0 Å². The summed E-state index contributed by atoms with van der Waals surface area (Å²) in [5.41, 5.74) is 2.23. The molecule has 152 valence electrons. The van der Waals surface area contributed by atoms with Gasteiger partial charge in [0.15, 0.2) is 0 Å². The highest BCUT2D eigenvalue weighted by molar-refractivity contribution is 7.89. The highest BCUT2D eigenvalue weighted by Gasteiger charge is 2.28. The molecular formula is C21H23N3O4S. The van der Waals surface area contributed by atoms with E-state index in [9.17, 15) is 13.2 Å². The molecule has 0 radical (unpaired) electrons. The maximum absolute atomic E-state index is 13.0. The quantitative estimate of drug-likeness (QED) is 0.600. The number of hydrogen-bond acceptors (Lipinski definition) is 5. The summed E-state index contributed by atoms with van der Waals surface area (Å²) in [5.74, 6) is -0.572. The van der Waals surface area contributed by atoms with Crippen LogP contribution in [-0.4, -0.2) is 41.2 Å². The molecule has 3 aromatic rings. The lowest BCUT2D eigenvalue weighted by Gasteiger charge is -2.26. The number of sulfonamides is 1. The average molecular weight is 413 g/mol. The van der Waals surface area contributed by atoms with Gasteiger partial charge in [-0.3, -0.25) is 0 Å². The molecule has 1 fully saturated rings. The van der Waals surface area contributed by atoms with E-state index in [2.05, 4.69) is 4.98 Å². The molecule has 2 aromatic heterocycles. The highest BCUT2D eigenvalue weighted by atomic mass is 32.2. The number of imidazole rings is 1. The second-order valence-electron chi connectivity index (χ2n) is 7.22. The maximum Gasteiger partial charge on any atom is 0.338 e. The Hall–Kier alpha value is -2.71. The number of ether oxygens (including phenoxy) is 1. The first-order valence-corrected chi connectivity index (χ1v) is 11.1. The number of carbonyl (C=O) groups excluding carboxylic acids is 1. The molecule has 0 saturated carbocycles. The molecule has 1 aromatic carbocycles. The summed E-state index contributed by atoms with van der Waals surface area (Å²) in [7, 11) is -3.62. The third kappa shape index (κ3) is 4.04. The first-order valence-electron chi connectivity index (χ1n) is 9.66. The summed E-state index contributed by atoms with van der Waals surface area (Å²) in [6.07, 6.45) is 6.42. The van der Waals surface area contributed by atoms with Crippen molar-refractivity contribution in [1.29, 1.82) is 0 Å². The van der Waals surface area contributed by atoms with Gasteiger partial charge in [-0.2, -0.15) is 4.31 Å². The Bertz CT molecular complexity index is 1110. The van der Waals surface area contributed by atoms with Gasteiger partial charge in [0.05, 0.1) is 16.2 Å². The van der Waals surface area contributed by atoms with Crippen molar-refractivity contribution in [3.05, 3.63) is 65.6 Å². The van der Waals surface area contributed by atoms with Gasteiger partial charge in [-0.15, -0.1) is 0 Å². The molecule has 0 amide bonds. The standard InChI is InChI=1S/C21H23N3O4S/c1-16-8-9-17(13-19(16)29(26,27)24-11-4-2-5-12-24)21(25)28-15-18-14-23-10-6-3-7-20(23)22-18/h3,6-10,13-14H,2,4-5,11-12,15H2,1H3. The van der Waals surface area contributed by atoms with Gasteiger partial charge >= 0.3 is 5.97 Å². The van der Waals surface area contributed by atoms with Crippen LogP contribution in [0, 0.1) is 6.92 Å². The topological polar surface area (TPSA) is 81.0 Å². The first-order chi connectivity index (χ1) is 13.9. The molecule has 0 N–H and O–H groups in total. The van der Waals surface area contributed by atoms with Crippen molar-refractivity contribution in [3.63, 3.8) is 0 Å². The summed E-state index contributed by atoms with van der Waals surface area (Å²) in [6, 6.07) is 10.3. The zero-order valence-corrected chi connectivity index (χ0v) is 17.1. The smallest absolute Gasteiger partial charge is 0.338 e. The van der Waals surface area contributed by atoms with E-state index in [4.69, 9.17) is 4.74 Å². The molecule has 0 aliphatic carbocycles. The number of hydrogen-bond donors (Lipinski definition) is 0. The lowest BCUT2D eigenvalue weighted by molar-refractivity contribution is 0.0468. The number of piperidine rings is 1. The molecule has 0 unspecified atom stereocenters. The van der Waals surface area contributed by atoms with Gasteiger partial charge in [-0.25, -0.2) is 18.2 Å². The van der Waals surface area contributed by atoms with Crippen LogP contribution in [0.2, 0.25) is 0 Å². The molecule has 0 atom stereocenters. The second-order valence-corrected chi connectivity index (χ2v) is 9.13. The Morgan fingerprint density at radius 2 is 1.93 bits per heavy atom. The van der Waals surface area contributed by atoms with Gasteiger partial charge in [0.1, 0.15) is 12.3 Å². The van der Waals surface area contributed by atoms with Crippen molar-refractivity contribution in [1.82, 2.24) is 13.7 Å². The summed E-state index contributed by atoms with van der Waals surface area (Å²) in [6.45, 7) is 2.79. The largest absolute Gasteiger partial charge is 0.456 e. The number of benzene rings is 1. The number of pyridine rings is 1. The molecule has 0 bridgehead atoms. The molecule has 8 heteroatoms. The van der Waals surface area contributed by atoms with Crippen LogP contribution >= 0.6 is 0 Å². The number of aromatic nitrogens is 2. The van der Waals surface area contributed by atoms with Crippen LogP contribution in [-0.2, 0) is 21.4 Å². The fourth-order valence-corrected chi connectivity index (χ4v) is 5.30. The van der Waals surface area contributed by atoms with Gasteiger partial charge < -0.3 is 9.14 Å². The van der Waals surface area contributed by atoms with E-state index in [-0.39, 0.29) is 17.1 Å². The minimum Gasteiger partial charge on any atom is -0.456 e. The maximum atomic E-state index is 13.0. The van der Waals surface area contributed by atoms with Crippen LogP contribution in [0.15, 0.2) is 53.7 Å². The van der Waals surface area contributed by atoms with E-state index in [0.717, 1.165) is 24.9 Å². The number of aryl methyl sites for hydroxylation is 1. The minimum absolute atomic E-state index is 0.0165. The predicted molar refractivity (Wildman–Crippen MR) is 108 cm³/mol. The predicted octanol–water partition coefficient (Wildman–Crippen LogP) is 3.17. The Balaban J connectivity index is 1.52. The van der Waals surface area contributed by atoms with Gasteiger partial charge in [-0.1, -0.05) is 18.6 Å². The van der Waals surface area contributed by atoms with Gasteiger partial charge in [-0.05, 0) is 49.6 Å². The van der Waals surface area contributed by atoms with Crippen LogP contribution in [0.1, 0.15) is 40.9 Å². The fourth-order valence-electron chi connectivity index (χ4n) is 3.53. The third-order valence-electron chi connectivity index (χ3n) is 5.12. The third-order valence-corrected chi connectivity index (χ3v) is 7.16. The molecule has 3 heterocycles. The van der Waals surface area contributed by atoms with Gasteiger partial charge in [0.25, 0.3) is 0 Å². The molecule has 0 spiro atoms. The number of nitrogens with zero attached hydrogens (tertiary/aromatic N) is 3. The van der Waals surface area contributed by atoms with Crippen molar-refractivity contribution in [2.75, 3.05) is 13.1 Å². The van der Waals surface area contributed by atoms with E-state index >= 15 is 0 Å². The second kappa shape index (κ2) is 7.96. The average Bonchev–Trinajstić information content (AvgIpc) is 3.16. The van der Waals surface area contributed by atoms with Crippen LogP contribution in [0.25, 0.3) is 5.65 Å². The monoisotopic (exact) mass is 413 g/mol. The van der Waals surface area contributed by atoms with E-state index < -0.39 is 16.0 Å². The van der Waals surface area contributed by atoms with Crippen molar-refractivity contribution in [2.24, 2.45) is 0 Å². The molecule has 1 aliphatic heterocycles. The molecule has 7 nitrogen and oxygen atoms in total. The van der Waals surface area contributed by atoms with E-state index in [1.54, 1.807) is 25.3 Å². The zero-order valence-electron chi connectivity index (χ0n) is 16.2. The Labute approximate surface area is 170 Å². The first kappa shape index (κ1) is 19.6. The van der Waals surface area contributed by atoms with Crippen molar-refractivity contribution in [2.45, 2.75) is 37.7 Å². The molecule has 1 aliphatic rings. The van der Waals surface area contributed by atoms with Gasteiger partial charge in [0.2, 0.25) is 10.0 Å². The Morgan fingerprint density at radius 3 is 2.69 bits per heavy atom. The fraction of sp³-hybridized carbons (Fsp3) is 0.333. The number of carbonyl (C=O) groups is 1. The van der Waals surface area contributed by atoms with Crippen LogP contribution < -0.4 is 0 Å². The lowest BCUT2D eigenvalue weighted by Crippen LogP contribution is -2.36. The van der Waals surface area contributed by atoms with Crippen LogP contribution in [0.4, 0.5) is 0 Å². The zero-order chi connectivity index (χ0) is 20.4. The highest BCUT2D eigenvalue weighted by Crippen LogP contribution is 2.24. The van der Waals surface area contributed by atoms with Gasteiger partial charge in [0, 0.05) is 25.5 Å². The Morgan fingerprint density at radius 1 is 1.14 bits per heavy atom. The molecular weight excluding hydrogens is 390 g/mol. The minimum atomic E-state index is -3.62. The van der Waals surface area contributed by atoms with E-state index in [0.29, 0.717) is 24.3 Å². The number of rotatable bonds is 5. The molecule has 1 saturated heterocycles. The summed E-state index contributed by atoms with van der Waals surface area (Å²) < 4.78 is 34.8. The lowest BCUT2D eigenvalue weighted by atomic mass is 10.1. The van der Waals surface area contributed by atoms with Crippen molar-refractivity contribution >= 4 is 21.6 Å². The van der Waals surface area contributed by atoms with Crippen molar-refractivity contribution in [3.8, 4) is 0 Å². The molecule has 29 heavy (non-hydrogen) atoms. The summed E-state index contributed by atoms with van der Waals surface area (Å²) in [4.78, 5) is 17.1. The number of fused-ring (bicyclic) bond motifs is 1. The number of esters is 1. The Kier molecular flexibility index (Phi) is 5.38. The molecule has 4 rings (SSSR count). The SMILES string of the molecule is Cc1ccc(C(=O)OCc2cn3ccccc3n2)cc1S(=O)(=O)N1CCCCC1. The summed E-state index contributed by atoms with van der Waals surface area (Å²) in [5, 5.41) is 0. The van der Waals surface area contributed by atoms with E-state index in [1.165, 1.54) is 10.4 Å². The van der Waals surface area contributed by atoms with Crippen molar-refractivity contribution < 1.29 is 17.9 Å². The summed E-state index contributed by atoms with van der Waals surface area (Å²) >= 11 is 0.